The van der Waals surface area contributed by atoms with E-state index in [4.69, 9.17) is 11.6 Å². The third-order valence-corrected chi connectivity index (χ3v) is 4.13. The number of hydrogen-bond donors (Lipinski definition) is 3. The Morgan fingerprint density at radius 2 is 2.32 bits per heavy atom. The molecule has 1 amide bonds. The van der Waals surface area contributed by atoms with Crippen LogP contribution in [0.15, 0.2) is 18.2 Å². The summed E-state index contributed by atoms with van der Waals surface area (Å²) < 4.78 is 13.1. The number of aromatic amines is 1. The number of halogens is 2. The van der Waals surface area contributed by atoms with Gasteiger partial charge in [0.2, 0.25) is 0 Å². The quantitative estimate of drug-likeness (QED) is 0.812. The molecule has 2 heterocycles. The van der Waals surface area contributed by atoms with E-state index in [9.17, 15) is 9.18 Å². The summed E-state index contributed by atoms with van der Waals surface area (Å²) in [5.41, 5.74) is 2.96. The molecule has 1 unspecified atom stereocenters. The lowest BCUT2D eigenvalue weighted by atomic mass is 10.1. The SMILES string of the molecule is CC(NC(=O)c1n[nH]c2c1CNCC2)c1ccc(F)cc1Cl. The molecule has 0 aliphatic carbocycles. The zero-order valence-corrected chi connectivity index (χ0v) is 12.8. The molecule has 0 saturated heterocycles. The molecule has 5 nitrogen and oxygen atoms in total. The van der Waals surface area contributed by atoms with Crippen LogP contribution in [0.1, 0.15) is 40.3 Å². The van der Waals surface area contributed by atoms with Gasteiger partial charge >= 0.3 is 0 Å². The molecule has 0 spiro atoms. The Balaban J connectivity index is 1.78. The van der Waals surface area contributed by atoms with E-state index in [0.29, 0.717) is 22.8 Å². The topological polar surface area (TPSA) is 69.8 Å². The van der Waals surface area contributed by atoms with E-state index in [0.717, 1.165) is 24.2 Å². The largest absolute Gasteiger partial charge is 0.344 e. The van der Waals surface area contributed by atoms with Crippen LogP contribution in [-0.4, -0.2) is 22.6 Å². The highest BCUT2D eigenvalue weighted by molar-refractivity contribution is 6.31. The second-order valence-corrected chi connectivity index (χ2v) is 5.72. The summed E-state index contributed by atoms with van der Waals surface area (Å²) in [6.07, 6.45) is 0.828. The summed E-state index contributed by atoms with van der Waals surface area (Å²) in [6, 6.07) is 3.79. The highest BCUT2D eigenvalue weighted by Gasteiger charge is 2.23. The van der Waals surface area contributed by atoms with Gasteiger partial charge < -0.3 is 10.6 Å². The molecule has 0 bridgehead atoms. The maximum atomic E-state index is 13.1. The van der Waals surface area contributed by atoms with Crippen LogP contribution in [0.25, 0.3) is 0 Å². The highest BCUT2D eigenvalue weighted by atomic mass is 35.5. The first-order valence-corrected chi connectivity index (χ1v) is 7.46. The van der Waals surface area contributed by atoms with Crippen molar-refractivity contribution in [2.24, 2.45) is 0 Å². The predicted molar refractivity (Wildman–Crippen MR) is 81.3 cm³/mol. The third-order valence-electron chi connectivity index (χ3n) is 3.80. The van der Waals surface area contributed by atoms with Gasteiger partial charge in [0.05, 0.1) is 6.04 Å². The van der Waals surface area contributed by atoms with Crippen molar-refractivity contribution in [2.45, 2.75) is 25.9 Å². The number of carbonyl (C=O) groups is 1. The molecule has 3 rings (SSSR count). The lowest BCUT2D eigenvalue weighted by Crippen LogP contribution is -2.30. The van der Waals surface area contributed by atoms with E-state index in [1.807, 2.05) is 0 Å². The number of nitrogens with one attached hydrogen (secondary N) is 3. The fourth-order valence-electron chi connectivity index (χ4n) is 2.61. The summed E-state index contributed by atoms with van der Waals surface area (Å²) >= 11 is 6.02. The normalized spacial score (nSPS) is 15.2. The first-order chi connectivity index (χ1) is 10.6. The average Bonchev–Trinajstić information content (AvgIpc) is 2.91. The van der Waals surface area contributed by atoms with Gasteiger partial charge in [0.1, 0.15) is 5.82 Å². The third kappa shape index (κ3) is 2.84. The number of amides is 1. The monoisotopic (exact) mass is 322 g/mol. The van der Waals surface area contributed by atoms with Crippen molar-refractivity contribution < 1.29 is 9.18 Å². The summed E-state index contributed by atoms with van der Waals surface area (Å²) in [6.45, 7) is 3.30. The van der Waals surface area contributed by atoms with Crippen LogP contribution in [-0.2, 0) is 13.0 Å². The molecule has 116 valence electrons. The van der Waals surface area contributed by atoms with Crippen molar-refractivity contribution in [3.63, 3.8) is 0 Å². The minimum Gasteiger partial charge on any atom is -0.344 e. The van der Waals surface area contributed by atoms with Gasteiger partial charge in [0, 0.05) is 35.8 Å². The summed E-state index contributed by atoms with van der Waals surface area (Å²) in [4.78, 5) is 12.4. The molecular weight excluding hydrogens is 307 g/mol. The molecule has 1 aliphatic rings. The number of aromatic nitrogens is 2. The number of fused-ring (bicyclic) bond motifs is 1. The van der Waals surface area contributed by atoms with E-state index in [2.05, 4.69) is 20.8 Å². The average molecular weight is 323 g/mol. The van der Waals surface area contributed by atoms with Crippen molar-refractivity contribution in [1.82, 2.24) is 20.8 Å². The molecule has 0 fully saturated rings. The fraction of sp³-hybridized carbons (Fsp3) is 0.333. The number of rotatable bonds is 3. The zero-order chi connectivity index (χ0) is 15.7. The van der Waals surface area contributed by atoms with Crippen molar-refractivity contribution in [3.8, 4) is 0 Å². The van der Waals surface area contributed by atoms with Crippen molar-refractivity contribution in [3.05, 3.63) is 51.6 Å². The standard InChI is InChI=1S/C15H16ClFN4O/c1-8(10-3-2-9(17)6-12(10)16)19-15(22)14-11-7-18-5-4-13(11)20-21-14/h2-3,6,8,18H,4-5,7H2,1H3,(H,19,22)(H,20,21). The van der Waals surface area contributed by atoms with Crippen LogP contribution < -0.4 is 10.6 Å². The van der Waals surface area contributed by atoms with Gasteiger partial charge in [0.15, 0.2) is 5.69 Å². The van der Waals surface area contributed by atoms with Crippen LogP contribution >= 0.6 is 11.6 Å². The minimum absolute atomic E-state index is 0.269. The van der Waals surface area contributed by atoms with Crippen LogP contribution in [0.5, 0.6) is 0 Å². The first-order valence-electron chi connectivity index (χ1n) is 7.09. The Morgan fingerprint density at radius 1 is 1.50 bits per heavy atom. The van der Waals surface area contributed by atoms with E-state index in [-0.39, 0.29) is 11.9 Å². The van der Waals surface area contributed by atoms with Gasteiger partial charge in [-0.2, -0.15) is 5.10 Å². The molecule has 22 heavy (non-hydrogen) atoms. The van der Waals surface area contributed by atoms with E-state index >= 15 is 0 Å². The Morgan fingerprint density at radius 3 is 3.09 bits per heavy atom. The Hall–Kier alpha value is -1.92. The van der Waals surface area contributed by atoms with E-state index < -0.39 is 5.82 Å². The Kier molecular flexibility index (Phi) is 4.13. The van der Waals surface area contributed by atoms with E-state index in [1.165, 1.54) is 12.1 Å². The summed E-state index contributed by atoms with van der Waals surface area (Å²) in [5, 5.41) is 13.4. The van der Waals surface area contributed by atoms with E-state index in [1.54, 1.807) is 13.0 Å². The lowest BCUT2D eigenvalue weighted by molar-refractivity contribution is 0.0933. The zero-order valence-electron chi connectivity index (χ0n) is 12.0. The minimum atomic E-state index is -0.403. The maximum Gasteiger partial charge on any atom is 0.272 e. The van der Waals surface area contributed by atoms with Crippen LogP contribution in [0.4, 0.5) is 4.39 Å². The predicted octanol–water partition coefficient (Wildman–Crippen LogP) is 2.34. The summed E-state index contributed by atoms with van der Waals surface area (Å²) in [7, 11) is 0. The number of H-pyrrole nitrogens is 1. The molecule has 1 aromatic heterocycles. The maximum absolute atomic E-state index is 13.1. The number of carbonyl (C=O) groups excluding carboxylic acids is 1. The molecule has 1 atom stereocenters. The molecule has 0 radical (unpaired) electrons. The highest BCUT2D eigenvalue weighted by Crippen LogP contribution is 2.24. The van der Waals surface area contributed by atoms with Crippen molar-refractivity contribution >= 4 is 17.5 Å². The van der Waals surface area contributed by atoms with Gasteiger partial charge in [-0.3, -0.25) is 9.89 Å². The molecule has 1 aromatic carbocycles. The number of benzene rings is 1. The van der Waals surface area contributed by atoms with Crippen molar-refractivity contribution in [2.75, 3.05) is 6.54 Å². The molecule has 7 heteroatoms. The molecule has 3 N–H and O–H groups in total. The molecule has 2 aromatic rings. The second kappa shape index (κ2) is 6.06. The number of nitrogens with zero attached hydrogens (tertiary/aromatic N) is 1. The molecular formula is C15H16ClFN4O. The fourth-order valence-corrected chi connectivity index (χ4v) is 2.94. The van der Waals surface area contributed by atoms with Crippen LogP contribution in [0, 0.1) is 5.82 Å². The Bertz CT molecular complexity index is 716. The second-order valence-electron chi connectivity index (χ2n) is 5.32. The smallest absolute Gasteiger partial charge is 0.272 e. The first kappa shape index (κ1) is 15.0. The summed E-state index contributed by atoms with van der Waals surface area (Å²) in [5.74, 6) is -0.672. The molecule has 0 saturated carbocycles. The van der Waals surface area contributed by atoms with Gasteiger partial charge in [-0.25, -0.2) is 4.39 Å². The molecule has 1 aliphatic heterocycles. The number of hydrogen-bond acceptors (Lipinski definition) is 3. The van der Waals surface area contributed by atoms with Gasteiger partial charge in [-0.15, -0.1) is 0 Å². The van der Waals surface area contributed by atoms with Gasteiger partial charge in [-0.05, 0) is 24.6 Å². The van der Waals surface area contributed by atoms with Crippen LogP contribution in [0.3, 0.4) is 0 Å². The lowest BCUT2D eigenvalue weighted by Gasteiger charge is -2.17. The van der Waals surface area contributed by atoms with Crippen molar-refractivity contribution in [1.29, 1.82) is 0 Å². The van der Waals surface area contributed by atoms with Crippen LogP contribution in [0.2, 0.25) is 5.02 Å². The van der Waals surface area contributed by atoms with Gasteiger partial charge in [0.25, 0.3) is 5.91 Å². The Labute approximate surface area is 132 Å². The van der Waals surface area contributed by atoms with Gasteiger partial charge in [-0.1, -0.05) is 17.7 Å².